The Morgan fingerprint density at radius 2 is 1.73 bits per heavy atom. The van der Waals surface area contributed by atoms with Gasteiger partial charge >= 0.3 is 0 Å². The quantitative estimate of drug-likeness (QED) is 0.594. The zero-order valence-electron chi connectivity index (χ0n) is 19.6. The molecule has 0 radical (unpaired) electrons. The Morgan fingerprint density at radius 1 is 1.06 bits per heavy atom. The van der Waals surface area contributed by atoms with Crippen LogP contribution in [0.2, 0.25) is 0 Å². The monoisotopic (exact) mass is 468 g/mol. The van der Waals surface area contributed by atoms with Crippen molar-refractivity contribution in [2.24, 2.45) is 5.92 Å². The molecule has 1 amide bonds. The lowest BCUT2D eigenvalue weighted by Crippen LogP contribution is -2.48. The van der Waals surface area contributed by atoms with E-state index in [0.29, 0.717) is 38.3 Å². The van der Waals surface area contributed by atoms with Crippen LogP contribution in [-0.4, -0.2) is 56.3 Å². The van der Waals surface area contributed by atoms with Gasteiger partial charge in [-0.15, -0.1) is 0 Å². The van der Waals surface area contributed by atoms with Crippen LogP contribution < -0.4 is 4.90 Å². The van der Waals surface area contributed by atoms with Gasteiger partial charge in [0.05, 0.1) is 17.0 Å². The number of sulfonamides is 1. The minimum absolute atomic E-state index is 0.0514. The molecule has 0 atom stereocenters. The van der Waals surface area contributed by atoms with Crippen molar-refractivity contribution in [3.05, 3.63) is 65.2 Å². The van der Waals surface area contributed by atoms with E-state index >= 15 is 0 Å². The van der Waals surface area contributed by atoms with Crippen molar-refractivity contribution in [3.63, 3.8) is 0 Å². The molecule has 2 aromatic carbocycles. The number of carbonyl (C=O) groups excluding carboxylic acids is 1. The summed E-state index contributed by atoms with van der Waals surface area (Å²) in [5.74, 6) is 0.180. The molecule has 3 rings (SSSR count). The smallest absolute Gasteiger partial charge is 0.219 e. The molecule has 0 N–H and O–H groups in total. The van der Waals surface area contributed by atoms with E-state index in [-0.39, 0.29) is 24.1 Å². The summed E-state index contributed by atoms with van der Waals surface area (Å²) in [5.41, 5.74) is 2.89. The Balaban J connectivity index is 1.79. The normalized spacial score (nSPS) is 14.5. The van der Waals surface area contributed by atoms with E-state index in [1.807, 2.05) is 56.3 Å². The second kappa shape index (κ2) is 10.8. The van der Waals surface area contributed by atoms with Gasteiger partial charge in [0.1, 0.15) is 6.07 Å². The fourth-order valence-electron chi connectivity index (χ4n) is 4.07. The second-order valence-electron chi connectivity index (χ2n) is 8.88. The topological polar surface area (TPSA) is 84.7 Å². The molecule has 33 heavy (non-hydrogen) atoms. The largest absolute Gasteiger partial charge is 0.367 e. The third-order valence-corrected chi connectivity index (χ3v) is 7.52. The van der Waals surface area contributed by atoms with Gasteiger partial charge in [0.25, 0.3) is 0 Å². The van der Waals surface area contributed by atoms with Gasteiger partial charge in [-0.1, -0.05) is 50.2 Å². The van der Waals surface area contributed by atoms with Gasteiger partial charge in [-0.25, -0.2) is 8.42 Å². The first-order valence-electron chi connectivity index (χ1n) is 11.2. The van der Waals surface area contributed by atoms with Crippen LogP contribution >= 0.6 is 0 Å². The number of carbonyl (C=O) groups is 1. The summed E-state index contributed by atoms with van der Waals surface area (Å²) in [6.45, 7) is 8.78. The fraction of sp³-hybridized carbons (Fsp3) is 0.440. The Kier molecular flexibility index (Phi) is 8.11. The standard InChI is InChI=1S/C25H32N4O3S/c1-20(2)17-29(33(31,32)19-22-7-5-4-6-8-22)18-23-9-10-25(24(15-23)16-26)28-13-11-27(12-14-28)21(3)30/h4-10,15,20H,11-14,17-19H2,1-3H3. The highest BCUT2D eigenvalue weighted by Gasteiger charge is 2.25. The maximum Gasteiger partial charge on any atom is 0.219 e. The summed E-state index contributed by atoms with van der Waals surface area (Å²) in [6, 6.07) is 17.0. The van der Waals surface area contributed by atoms with Crippen LogP contribution in [0.4, 0.5) is 5.69 Å². The molecule has 1 saturated heterocycles. The van der Waals surface area contributed by atoms with Gasteiger partial charge in [-0.2, -0.15) is 9.57 Å². The molecule has 7 nitrogen and oxygen atoms in total. The van der Waals surface area contributed by atoms with E-state index in [1.165, 1.54) is 4.31 Å². The number of amides is 1. The SMILES string of the molecule is CC(=O)N1CCN(c2ccc(CN(CC(C)C)S(=O)(=O)Cc3ccccc3)cc2C#N)CC1. The molecule has 1 aliphatic rings. The van der Waals surface area contributed by atoms with Gasteiger partial charge in [-0.05, 0) is 29.2 Å². The summed E-state index contributed by atoms with van der Waals surface area (Å²) in [6.07, 6.45) is 0. The van der Waals surface area contributed by atoms with Crippen LogP contribution in [0, 0.1) is 17.2 Å². The van der Waals surface area contributed by atoms with E-state index in [1.54, 1.807) is 17.9 Å². The first kappa shape index (κ1) is 24.7. The van der Waals surface area contributed by atoms with Crippen molar-refractivity contribution in [2.75, 3.05) is 37.6 Å². The molecule has 0 bridgehead atoms. The Morgan fingerprint density at radius 3 is 2.30 bits per heavy atom. The van der Waals surface area contributed by atoms with Crippen molar-refractivity contribution in [3.8, 4) is 6.07 Å². The Labute approximate surface area is 197 Å². The van der Waals surface area contributed by atoms with Crippen LogP contribution in [0.5, 0.6) is 0 Å². The van der Waals surface area contributed by atoms with Crippen molar-refractivity contribution in [2.45, 2.75) is 33.1 Å². The number of hydrogen-bond acceptors (Lipinski definition) is 5. The van der Waals surface area contributed by atoms with Gasteiger partial charge in [0.15, 0.2) is 0 Å². The van der Waals surface area contributed by atoms with E-state index in [2.05, 4.69) is 11.0 Å². The minimum Gasteiger partial charge on any atom is -0.367 e. The van der Waals surface area contributed by atoms with Crippen LogP contribution in [0.15, 0.2) is 48.5 Å². The summed E-state index contributed by atoms with van der Waals surface area (Å²) < 4.78 is 28.0. The summed E-state index contributed by atoms with van der Waals surface area (Å²) in [4.78, 5) is 15.5. The van der Waals surface area contributed by atoms with Crippen LogP contribution in [0.25, 0.3) is 0 Å². The number of nitrogens with zero attached hydrogens (tertiary/aromatic N) is 4. The molecule has 0 saturated carbocycles. The zero-order valence-corrected chi connectivity index (χ0v) is 20.4. The summed E-state index contributed by atoms with van der Waals surface area (Å²) in [5, 5.41) is 9.77. The van der Waals surface area contributed by atoms with Gasteiger partial charge in [0, 0.05) is 46.2 Å². The second-order valence-corrected chi connectivity index (χ2v) is 10.9. The highest BCUT2D eigenvalue weighted by Crippen LogP contribution is 2.25. The molecule has 0 spiro atoms. The minimum atomic E-state index is -3.53. The maximum atomic E-state index is 13.2. The molecule has 2 aromatic rings. The lowest BCUT2D eigenvalue weighted by Gasteiger charge is -2.36. The van der Waals surface area contributed by atoms with Crippen molar-refractivity contribution in [1.82, 2.24) is 9.21 Å². The fourth-order valence-corrected chi connectivity index (χ4v) is 5.74. The lowest BCUT2D eigenvalue weighted by molar-refractivity contribution is -0.129. The number of benzene rings is 2. The molecule has 1 heterocycles. The summed E-state index contributed by atoms with van der Waals surface area (Å²) in [7, 11) is -3.53. The number of hydrogen-bond donors (Lipinski definition) is 0. The number of nitriles is 1. The molecule has 8 heteroatoms. The summed E-state index contributed by atoms with van der Waals surface area (Å²) >= 11 is 0. The molecular weight excluding hydrogens is 436 g/mol. The van der Waals surface area contributed by atoms with E-state index < -0.39 is 10.0 Å². The molecule has 0 aromatic heterocycles. The lowest BCUT2D eigenvalue weighted by atomic mass is 10.1. The van der Waals surface area contributed by atoms with Crippen molar-refractivity contribution >= 4 is 21.6 Å². The third-order valence-electron chi connectivity index (χ3n) is 5.76. The average Bonchev–Trinajstić information content (AvgIpc) is 2.78. The van der Waals surface area contributed by atoms with E-state index in [0.717, 1.165) is 16.8 Å². The first-order chi connectivity index (χ1) is 15.7. The van der Waals surface area contributed by atoms with Gasteiger partial charge in [-0.3, -0.25) is 4.79 Å². The van der Waals surface area contributed by atoms with Crippen LogP contribution in [0.1, 0.15) is 37.5 Å². The predicted octanol–water partition coefficient (Wildman–Crippen LogP) is 3.21. The van der Waals surface area contributed by atoms with Crippen LogP contribution in [0.3, 0.4) is 0 Å². The Bertz CT molecular complexity index is 1100. The van der Waals surface area contributed by atoms with Crippen molar-refractivity contribution in [1.29, 1.82) is 5.26 Å². The zero-order chi connectivity index (χ0) is 24.0. The molecule has 0 aliphatic carbocycles. The first-order valence-corrected chi connectivity index (χ1v) is 12.9. The highest BCUT2D eigenvalue weighted by molar-refractivity contribution is 7.88. The molecule has 1 fully saturated rings. The highest BCUT2D eigenvalue weighted by atomic mass is 32.2. The van der Waals surface area contributed by atoms with Gasteiger partial charge < -0.3 is 9.80 Å². The number of anilines is 1. The molecular formula is C25H32N4O3S. The third kappa shape index (κ3) is 6.56. The number of rotatable bonds is 8. The van der Waals surface area contributed by atoms with Gasteiger partial charge in [0.2, 0.25) is 15.9 Å². The van der Waals surface area contributed by atoms with Crippen LogP contribution in [-0.2, 0) is 27.1 Å². The number of piperazine rings is 1. The van der Waals surface area contributed by atoms with Crippen molar-refractivity contribution < 1.29 is 13.2 Å². The molecule has 1 aliphatic heterocycles. The molecule has 0 unspecified atom stereocenters. The van der Waals surface area contributed by atoms with E-state index in [4.69, 9.17) is 0 Å². The predicted molar refractivity (Wildman–Crippen MR) is 130 cm³/mol. The van der Waals surface area contributed by atoms with E-state index in [9.17, 15) is 18.5 Å². The molecule has 176 valence electrons. The average molecular weight is 469 g/mol. The maximum absolute atomic E-state index is 13.2. The Hall–Kier alpha value is -2.89.